The van der Waals surface area contributed by atoms with Crippen molar-refractivity contribution < 1.29 is 58.3 Å². The second-order valence-corrected chi connectivity index (χ2v) is 20.2. The summed E-state index contributed by atoms with van der Waals surface area (Å²) in [4.78, 5) is 74.9. The van der Waals surface area contributed by atoms with Gasteiger partial charge in [-0.1, -0.05) is 213 Å². The topological polar surface area (TPSA) is 191 Å². The zero-order chi connectivity index (χ0) is 51.0. The number of hydrogen-bond acceptors (Lipinski definition) is 9. The van der Waals surface area contributed by atoms with E-state index in [0.717, 1.165) is 154 Å². The first-order valence-electron chi connectivity index (χ1n) is 28.6. The van der Waals surface area contributed by atoms with Crippen molar-refractivity contribution >= 4 is 35.8 Å². The monoisotopic (exact) mass is 981 g/mol. The molecule has 0 spiro atoms. The van der Waals surface area contributed by atoms with Crippen molar-refractivity contribution in [3.8, 4) is 0 Å². The first kappa shape index (κ1) is 65.8. The third kappa shape index (κ3) is 43.3. The summed E-state index contributed by atoms with van der Waals surface area (Å²) in [7, 11) is 0. The molecule has 69 heavy (non-hydrogen) atoms. The lowest BCUT2D eigenvalue weighted by Crippen LogP contribution is -2.35. The maximum atomic E-state index is 14.2. The number of esters is 3. The normalized spacial score (nSPS) is 13.1. The van der Waals surface area contributed by atoms with Gasteiger partial charge in [-0.05, 0) is 57.8 Å². The van der Waals surface area contributed by atoms with Crippen LogP contribution in [0.25, 0.3) is 0 Å². The highest BCUT2D eigenvalue weighted by atomic mass is 16.6. The number of carboxylic acid groups (broad SMARTS) is 3. The van der Waals surface area contributed by atoms with Gasteiger partial charge in [0.1, 0.15) is 13.2 Å². The van der Waals surface area contributed by atoms with Crippen LogP contribution in [-0.2, 0) is 43.0 Å². The maximum absolute atomic E-state index is 14.2. The minimum atomic E-state index is -0.957. The molecule has 0 radical (unpaired) electrons. The Kier molecular flexibility index (Phi) is 46.2. The number of ether oxygens (including phenoxy) is 3. The van der Waals surface area contributed by atoms with Crippen LogP contribution in [0.4, 0.5) is 0 Å². The summed E-state index contributed by atoms with van der Waals surface area (Å²) in [5.41, 5.74) is 0. The lowest BCUT2D eigenvalue weighted by Gasteiger charge is -2.24. The highest BCUT2D eigenvalue weighted by molar-refractivity contribution is 5.74. The van der Waals surface area contributed by atoms with Crippen molar-refractivity contribution in [1.29, 1.82) is 0 Å². The van der Waals surface area contributed by atoms with E-state index in [2.05, 4.69) is 20.8 Å². The van der Waals surface area contributed by atoms with Gasteiger partial charge in [-0.2, -0.15) is 0 Å². The lowest BCUT2D eigenvalue weighted by molar-refractivity contribution is -0.172. The molecule has 0 aliphatic rings. The molecule has 3 atom stereocenters. The molecule has 0 bridgehead atoms. The third-order valence-corrected chi connectivity index (χ3v) is 13.7. The van der Waals surface area contributed by atoms with E-state index in [-0.39, 0.29) is 68.1 Å². The molecule has 0 aromatic heterocycles. The van der Waals surface area contributed by atoms with Gasteiger partial charge < -0.3 is 29.5 Å². The predicted octanol–water partition coefficient (Wildman–Crippen LogP) is 15.5. The van der Waals surface area contributed by atoms with E-state index < -0.39 is 24.0 Å². The van der Waals surface area contributed by atoms with Crippen LogP contribution < -0.4 is 0 Å². The summed E-state index contributed by atoms with van der Waals surface area (Å²) in [5.74, 6) is -4.32. The van der Waals surface area contributed by atoms with Crippen LogP contribution >= 0.6 is 0 Å². The Morgan fingerprint density at radius 3 is 0.768 bits per heavy atom. The van der Waals surface area contributed by atoms with Crippen LogP contribution in [0.3, 0.4) is 0 Å². The van der Waals surface area contributed by atoms with Crippen molar-refractivity contribution in [2.75, 3.05) is 13.2 Å². The van der Waals surface area contributed by atoms with Gasteiger partial charge in [-0.15, -0.1) is 0 Å². The molecule has 0 saturated carbocycles. The van der Waals surface area contributed by atoms with Gasteiger partial charge in [0.2, 0.25) is 0 Å². The fourth-order valence-electron chi connectivity index (χ4n) is 9.21. The molecule has 12 heteroatoms. The summed E-state index contributed by atoms with van der Waals surface area (Å²) >= 11 is 0. The Labute approximate surface area is 420 Å². The van der Waals surface area contributed by atoms with E-state index in [1.165, 1.54) is 38.5 Å². The Bertz CT molecular complexity index is 1210. The average Bonchev–Trinajstić information content (AvgIpc) is 3.31. The molecule has 0 aliphatic heterocycles. The highest BCUT2D eigenvalue weighted by Gasteiger charge is 2.29. The van der Waals surface area contributed by atoms with Crippen molar-refractivity contribution in [3.05, 3.63) is 0 Å². The first-order chi connectivity index (χ1) is 33.4. The summed E-state index contributed by atoms with van der Waals surface area (Å²) in [6.45, 7) is 6.17. The lowest BCUT2D eigenvalue weighted by atomic mass is 9.94. The number of carbonyl (C=O) groups excluding carboxylic acids is 3. The van der Waals surface area contributed by atoms with E-state index in [9.17, 15) is 28.8 Å². The predicted molar refractivity (Wildman–Crippen MR) is 276 cm³/mol. The molecule has 3 unspecified atom stereocenters. The average molecular weight is 981 g/mol. The van der Waals surface area contributed by atoms with E-state index >= 15 is 0 Å². The summed E-state index contributed by atoms with van der Waals surface area (Å²) < 4.78 is 18.3. The van der Waals surface area contributed by atoms with Gasteiger partial charge in [0.15, 0.2) is 6.10 Å². The maximum Gasteiger partial charge on any atom is 0.309 e. The number of rotatable bonds is 53. The molecule has 0 heterocycles. The Morgan fingerprint density at radius 2 is 0.522 bits per heavy atom. The molecule has 12 nitrogen and oxygen atoms in total. The third-order valence-electron chi connectivity index (χ3n) is 13.7. The largest absolute Gasteiger partial charge is 0.481 e. The summed E-state index contributed by atoms with van der Waals surface area (Å²) in [6.07, 6.45) is 35.8. The molecule has 0 rings (SSSR count). The van der Waals surface area contributed by atoms with E-state index in [1.54, 1.807) is 0 Å². The van der Waals surface area contributed by atoms with E-state index in [4.69, 9.17) is 29.5 Å². The van der Waals surface area contributed by atoms with Gasteiger partial charge in [-0.25, -0.2) is 0 Å². The smallest absolute Gasteiger partial charge is 0.309 e. The Morgan fingerprint density at radius 1 is 0.304 bits per heavy atom. The van der Waals surface area contributed by atoms with Gasteiger partial charge in [0.25, 0.3) is 0 Å². The number of carboxylic acids is 3. The zero-order valence-electron chi connectivity index (χ0n) is 44.4. The standard InChI is InChI=1S/C57H104O12/c1-4-7-10-13-19-28-37-48(39-30-22-16-25-34-43-52(58)59)55(64)67-46-51(69-57(66)50(41-32-21-15-12-9-6-3)42-33-24-18-27-36-45-54(62)63)47-68-56(65)49(38-29-20-14-11-8-5-2)40-31-23-17-26-35-44-53(60)61/h48-51H,4-47H2,1-3H3,(H,58,59)(H,60,61)(H,62,63). The molecule has 0 fully saturated rings. The number of aliphatic carboxylic acids is 3. The molecule has 0 aromatic rings. The molecule has 404 valence electrons. The van der Waals surface area contributed by atoms with Crippen molar-refractivity contribution in [3.63, 3.8) is 0 Å². The second kappa shape index (κ2) is 48.4. The molecular weight excluding hydrogens is 877 g/mol. The molecule has 0 aromatic carbocycles. The Hall–Kier alpha value is -3.18. The van der Waals surface area contributed by atoms with Crippen LogP contribution in [-0.4, -0.2) is 70.5 Å². The Balaban J connectivity index is 6.18. The fourth-order valence-corrected chi connectivity index (χ4v) is 9.21. The first-order valence-corrected chi connectivity index (χ1v) is 28.6. The van der Waals surface area contributed by atoms with E-state index in [1.807, 2.05) is 0 Å². The quantitative estimate of drug-likeness (QED) is 0.0297. The minimum Gasteiger partial charge on any atom is -0.481 e. The van der Waals surface area contributed by atoms with Gasteiger partial charge in [-0.3, -0.25) is 28.8 Å². The van der Waals surface area contributed by atoms with Crippen molar-refractivity contribution in [1.82, 2.24) is 0 Å². The van der Waals surface area contributed by atoms with Crippen LogP contribution in [0.5, 0.6) is 0 Å². The van der Waals surface area contributed by atoms with Gasteiger partial charge in [0.05, 0.1) is 17.8 Å². The van der Waals surface area contributed by atoms with Gasteiger partial charge >= 0.3 is 35.8 Å². The number of carbonyl (C=O) groups is 6. The van der Waals surface area contributed by atoms with Gasteiger partial charge in [0, 0.05) is 19.3 Å². The number of hydrogen-bond donors (Lipinski definition) is 3. The highest BCUT2D eigenvalue weighted by Crippen LogP contribution is 2.25. The minimum absolute atomic E-state index is 0.162. The summed E-state index contributed by atoms with van der Waals surface area (Å²) in [5, 5.41) is 27.0. The second-order valence-electron chi connectivity index (χ2n) is 20.2. The van der Waals surface area contributed by atoms with Crippen LogP contribution in [0.1, 0.15) is 290 Å². The van der Waals surface area contributed by atoms with Crippen LogP contribution in [0.2, 0.25) is 0 Å². The molecule has 0 aliphatic carbocycles. The van der Waals surface area contributed by atoms with Crippen LogP contribution in [0, 0.1) is 17.8 Å². The number of unbranched alkanes of at least 4 members (excludes halogenated alkanes) is 27. The molecular formula is C57H104O12. The molecule has 3 N–H and O–H groups in total. The van der Waals surface area contributed by atoms with Crippen LogP contribution in [0.15, 0.2) is 0 Å². The summed E-state index contributed by atoms with van der Waals surface area (Å²) in [6, 6.07) is 0. The van der Waals surface area contributed by atoms with Crippen molar-refractivity contribution in [2.45, 2.75) is 297 Å². The van der Waals surface area contributed by atoms with E-state index in [0.29, 0.717) is 57.8 Å². The molecule has 0 saturated heterocycles. The SMILES string of the molecule is CCCCCCCCC(CCCCCCCC(=O)O)C(=O)OCC(COC(=O)C(CCCCCCCC)CCCCCCCC(=O)O)OC(=O)C(CCCCCCCC)CCCCCCCC(=O)O. The molecule has 0 amide bonds. The zero-order valence-corrected chi connectivity index (χ0v) is 44.4. The fraction of sp³-hybridized carbons (Fsp3) is 0.895. The van der Waals surface area contributed by atoms with Crippen molar-refractivity contribution in [2.24, 2.45) is 17.8 Å².